The molecule has 0 radical (unpaired) electrons. The maximum Gasteiger partial charge on any atom is 0.242 e. The number of amides is 1. The normalized spacial score (nSPS) is 13.4. The van der Waals surface area contributed by atoms with Gasteiger partial charge in [-0.2, -0.15) is 0 Å². The first-order chi connectivity index (χ1) is 8.66. The van der Waals surface area contributed by atoms with E-state index in [9.17, 15) is 22.0 Å². The number of anilines is 1. The summed E-state index contributed by atoms with van der Waals surface area (Å²) in [6.07, 6.45) is 0. The van der Waals surface area contributed by atoms with Crippen LogP contribution in [-0.2, 0) is 14.6 Å². The molecule has 0 bridgehead atoms. The van der Waals surface area contributed by atoms with Crippen LogP contribution in [0.2, 0.25) is 0 Å². The van der Waals surface area contributed by atoms with E-state index in [-0.39, 0.29) is 5.69 Å². The van der Waals surface area contributed by atoms with Crippen LogP contribution in [0, 0.1) is 11.6 Å². The maximum atomic E-state index is 13.3. The lowest BCUT2D eigenvalue weighted by atomic mass is 10.3. The van der Waals surface area contributed by atoms with Crippen LogP contribution in [0.15, 0.2) is 18.2 Å². The number of carbonyl (C=O) groups excluding carboxylic acids is 1. The number of rotatable bonds is 4. The summed E-state index contributed by atoms with van der Waals surface area (Å²) in [4.78, 5) is 11.7. The van der Waals surface area contributed by atoms with E-state index in [1.807, 2.05) is 0 Å². The van der Waals surface area contributed by atoms with Gasteiger partial charge in [-0.1, -0.05) is 0 Å². The second kappa shape index (κ2) is 5.64. The summed E-state index contributed by atoms with van der Waals surface area (Å²) >= 11 is 0. The molecule has 1 aromatic rings. The second-order valence-electron chi connectivity index (χ2n) is 4.39. The highest BCUT2D eigenvalue weighted by atomic mass is 32.2. The molecule has 0 heterocycles. The molecule has 0 spiro atoms. The van der Waals surface area contributed by atoms with Crippen LogP contribution in [0.5, 0.6) is 0 Å². The van der Waals surface area contributed by atoms with Gasteiger partial charge in [0.2, 0.25) is 5.91 Å². The van der Waals surface area contributed by atoms with Crippen LogP contribution in [-0.4, -0.2) is 24.8 Å². The van der Waals surface area contributed by atoms with Gasteiger partial charge in [-0.3, -0.25) is 4.79 Å². The predicted molar refractivity (Wildman–Crippen MR) is 68.5 cm³/mol. The van der Waals surface area contributed by atoms with Crippen LogP contribution >= 0.6 is 0 Å². The highest BCUT2D eigenvalue weighted by Gasteiger charge is 2.31. The number of halogens is 2. The van der Waals surface area contributed by atoms with Gasteiger partial charge in [0.05, 0.1) is 10.9 Å². The molecular weight excluding hydrogens is 276 g/mol. The molecule has 0 fully saturated rings. The number of hydrogen-bond acceptors (Lipinski definition) is 3. The lowest BCUT2D eigenvalue weighted by Crippen LogP contribution is -2.36. The molecule has 1 rings (SSSR count). The van der Waals surface area contributed by atoms with E-state index in [0.29, 0.717) is 0 Å². The molecular formula is C12H15F2NO3S. The van der Waals surface area contributed by atoms with E-state index in [4.69, 9.17) is 0 Å². The van der Waals surface area contributed by atoms with E-state index >= 15 is 0 Å². The number of carbonyl (C=O) groups is 1. The van der Waals surface area contributed by atoms with Gasteiger partial charge >= 0.3 is 0 Å². The van der Waals surface area contributed by atoms with E-state index in [2.05, 4.69) is 5.32 Å². The number of nitrogens with one attached hydrogen (secondary N) is 1. The highest BCUT2D eigenvalue weighted by Crippen LogP contribution is 2.17. The molecule has 0 unspecified atom stereocenters. The molecule has 0 aromatic heterocycles. The van der Waals surface area contributed by atoms with Gasteiger partial charge in [-0.05, 0) is 32.9 Å². The van der Waals surface area contributed by atoms with Gasteiger partial charge < -0.3 is 5.32 Å². The molecule has 0 saturated carbocycles. The third-order valence-electron chi connectivity index (χ3n) is 2.71. The van der Waals surface area contributed by atoms with Crippen molar-refractivity contribution >= 4 is 21.4 Å². The van der Waals surface area contributed by atoms with Crippen LogP contribution in [0.25, 0.3) is 0 Å². The van der Waals surface area contributed by atoms with Gasteiger partial charge in [-0.15, -0.1) is 0 Å². The predicted octanol–water partition coefficient (Wildman–Crippen LogP) is 2.12. The smallest absolute Gasteiger partial charge is 0.242 e. The van der Waals surface area contributed by atoms with Gasteiger partial charge in [0.1, 0.15) is 16.9 Å². The molecule has 1 atom stereocenters. The topological polar surface area (TPSA) is 63.2 Å². The van der Waals surface area contributed by atoms with Gasteiger partial charge in [-0.25, -0.2) is 17.2 Å². The first-order valence-corrected chi connectivity index (χ1v) is 7.26. The molecule has 7 heteroatoms. The van der Waals surface area contributed by atoms with Crippen molar-refractivity contribution in [3.05, 3.63) is 29.8 Å². The summed E-state index contributed by atoms with van der Waals surface area (Å²) in [7, 11) is -3.65. The van der Waals surface area contributed by atoms with Crippen LogP contribution in [0.1, 0.15) is 20.8 Å². The largest absolute Gasteiger partial charge is 0.322 e. The Morgan fingerprint density at radius 2 is 1.79 bits per heavy atom. The summed E-state index contributed by atoms with van der Waals surface area (Å²) in [5, 5.41) is 0.00995. The summed E-state index contributed by atoms with van der Waals surface area (Å²) in [6.45, 7) is 4.10. The summed E-state index contributed by atoms with van der Waals surface area (Å²) < 4.78 is 49.8. The lowest BCUT2D eigenvalue weighted by Gasteiger charge is -2.15. The number of hydrogen-bond donors (Lipinski definition) is 1. The van der Waals surface area contributed by atoms with Gasteiger partial charge in [0.15, 0.2) is 9.84 Å². The van der Waals surface area contributed by atoms with Crippen molar-refractivity contribution in [1.82, 2.24) is 0 Å². The molecule has 1 amide bonds. The summed E-state index contributed by atoms with van der Waals surface area (Å²) in [5.41, 5.74) is -0.379. The molecule has 0 aliphatic heterocycles. The molecule has 0 saturated heterocycles. The Bertz CT molecular complexity index is 585. The number of sulfone groups is 1. The minimum Gasteiger partial charge on any atom is -0.322 e. The summed E-state index contributed by atoms with van der Waals surface area (Å²) in [6, 6.07) is 2.55. The minimum atomic E-state index is -3.65. The van der Waals surface area contributed by atoms with Gasteiger partial charge in [0.25, 0.3) is 0 Å². The summed E-state index contributed by atoms with van der Waals surface area (Å²) in [5.74, 6) is -2.45. The Balaban J connectivity index is 2.95. The molecule has 106 valence electrons. The van der Waals surface area contributed by atoms with Crippen molar-refractivity contribution in [2.45, 2.75) is 31.3 Å². The fourth-order valence-corrected chi connectivity index (χ4v) is 2.56. The van der Waals surface area contributed by atoms with Crippen molar-refractivity contribution < 1.29 is 22.0 Å². The lowest BCUT2D eigenvalue weighted by molar-refractivity contribution is -0.115. The maximum absolute atomic E-state index is 13.3. The van der Waals surface area contributed by atoms with E-state index in [1.165, 1.54) is 20.8 Å². The van der Waals surface area contributed by atoms with Crippen molar-refractivity contribution in [3.63, 3.8) is 0 Å². The second-order valence-corrected chi connectivity index (χ2v) is 7.22. The Morgan fingerprint density at radius 3 is 2.32 bits per heavy atom. The first-order valence-electron chi connectivity index (χ1n) is 5.65. The van der Waals surface area contributed by atoms with Crippen molar-refractivity contribution in [2.24, 2.45) is 0 Å². The zero-order chi connectivity index (χ0) is 14.8. The van der Waals surface area contributed by atoms with Crippen LogP contribution in [0.4, 0.5) is 14.5 Å². The first kappa shape index (κ1) is 15.6. The third kappa shape index (κ3) is 3.50. The standard InChI is InChI=1S/C12H15F2NO3S/c1-7(2)19(17,18)8(3)12(16)15-11-6-9(13)4-5-10(11)14/h4-8H,1-3H3,(H,15,16)/t8-/m0/s1. The fourth-order valence-electron chi connectivity index (χ4n) is 1.39. The molecule has 19 heavy (non-hydrogen) atoms. The van der Waals surface area contributed by atoms with E-state index in [1.54, 1.807) is 0 Å². The molecule has 0 aliphatic rings. The van der Waals surface area contributed by atoms with Crippen LogP contribution in [0.3, 0.4) is 0 Å². The Kier molecular flexibility index (Phi) is 4.62. The average Bonchev–Trinajstić information content (AvgIpc) is 2.32. The monoisotopic (exact) mass is 291 g/mol. The molecule has 1 aromatic carbocycles. The quantitative estimate of drug-likeness (QED) is 0.924. The van der Waals surface area contributed by atoms with Crippen molar-refractivity contribution in [3.8, 4) is 0 Å². The van der Waals surface area contributed by atoms with Crippen LogP contribution < -0.4 is 5.32 Å². The zero-order valence-electron chi connectivity index (χ0n) is 10.8. The number of benzene rings is 1. The Morgan fingerprint density at radius 1 is 1.21 bits per heavy atom. The molecule has 1 N–H and O–H groups in total. The van der Waals surface area contributed by atoms with Crippen molar-refractivity contribution in [2.75, 3.05) is 5.32 Å². The fraction of sp³-hybridized carbons (Fsp3) is 0.417. The zero-order valence-corrected chi connectivity index (χ0v) is 11.6. The molecule has 0 aliphatic carbocycles. The highest BCUT2D eigenvalue weighted by molar-refractivity contribution is 7.93. The average molecular weight is 291 g/mol. The molecule has 4 nitrogen and oxygen atoms in total. The third-order valence-corrected chi connectivity index (χ3v) is 5.22. The Hall–Kier alpha value is -1.50. The van der Waals surface area contributed by atoms with E-state index in [0.717, 1.165) is 18.2 Å². The van der Waals surface area contributed by atoms with E-state index < -0.39 is 37.9 Å². The van der Waals surface area contributed by atoms with Crippen molar-refractivity contribution in [1.29, 1.82) is 0 Å². The Labute approximate surface area is 110 Å². The SMILES string of the molecule is CC(C)S(=O)(=O)[C@@H](C)C(=O)Nc1cc(F)ccc1F. The minimum absolute atomic E-state index is 0.379. The van der Waals surface area contributed by atoms with Gasteiger partial charge in [0, 0.05) is 6.07 Å².